The molecule has 0 N–H and O–H groups in total. The van der Waals surface area contributed by atoms with Crippen LogP contribution < -0.4 is 9.47 Å². The third-order valence-electron chi connectivity index (χ3n) is 5.26. The molecule has 0 spiro atoms. The molecule has 31 heavy (non-hydrogen) atoms. The van der Waals surface area contributed by atoms with E-state index in [1.165, 1.54) is 6.92 Å². The molecule has 0 unspecified atom stereocenters. The maximum atomic E-state index is 12.5. The third kappa shape index (κ3) is 4.92. The number of carbonyl (C=O) groups excluding carboxylic acids is 2. The molecule has 0 aromatic heterocycles. The molecule has 6 heteroatoms. The van der Waals surface area contributed by atoms with Crippen LogP contribution in [0.4, 0.5) is 0 Å². The molecule has 0 atom stereocenters. The van der Waals surface area contributed by atoms with Gasteiger partial charge in [-0.05, 0) is 54.4 Å². The Morgan fingerprint density at radius 1 is 0.774 bits per heavy atom. The molecule has 0 aliphatic carbocycles. The maximum absolute atomic E-state index is 12.5. The largest absolute Gasteiger partial charge is 0.495 e. The smallest absolute Gasteiger partial charge is 0.343 e. The van der Waals surface area contributed by atoms with Crippen LogP contribution in [0.3, 0.4) is 0 Å². The second kappa shape index (κ2) is 9.13. The molecule has 0 heterocycles. The molecule has 0 aliphatic heterocycles. The molecule has 0 aliphatic rings. The minimum absolute atomic E-state index is 0.0701. The molecular weight excluding hydrogens is 435 g/mol. The van der Waals surface area contributed by atoms with E-state index in [1.54, 1.807) is 43.5 Å². The van der Waals surface area contributed by atoms with E-state index in [0.717, 1.165) is 11.1 Å². The second-order valence-electron chi connectivity index (χ2n) is 7.64. The Morgan fingerprint density at radius 2 is 1.26 bits per heavy atom. The molecule has 0 saturated carbocycles. The SMILES string of the molecule is COc1ccc(C(C)(C)c2ccc(OC(=O)c3ccc(C(C)=O)cc3)c(Cl)c2)cc1Cl. The molecule has 3 rings (SSSR count). The molecule has 0 amide bonds. The van der Waals surface area contributed by atoms with Gasteiger partial charge in [-0.3, -0.25) is 4.79 Å². The van der Waals surface area contributed by atoms with Crippen molar-refractivity contribution in [1.82, 2.24) is 0 Å². The number of hydrogen-bond acceptors (Lipinski definition) is 4. The van der Waals surface area contributed by atoms with E-state index in [1.807, 2.05) is 24.3 Å². The van der Waals surface area contributed by atoms with Crippen LogP contribution in [0.1, 0.15) is 52.6 Å². The Kier molecular flexibility index (Phi) is 6.73. The molecular formula is C25H22Cl2O4. The number of rotatable bonds is 6. The molecule has 3 aromatic carbocycles. The number of halogens is 2. The fourth-order valence-corrected chi connectivity index (χ4v) is 3.67. The van der Waals surface area contributed by atoms with Crippen molar-refractivity contribution in [3.8, 4) is 11.5 Å². The average Bonchev–Trinajstić information content (AvgIpc) is 2.75. The van der Waals surface area contributed by atoms with Crippen LogP contribution in [-0.2, 0) is 5.41 Å². The molecule has 160 valence electrons. The van der Waals surface area contributed by atoms with Crippen molar-refractivity contribution in [3.63, 3.8) is 0 Å². The van der Waals surface area contributed by atoms with E-state index in [0.29, 0.717) is 26.9 Å². The number of carbonyl (C=O) groups is 2. The Balaban J connectivity index is 1.82. The normalized spacial score (nSPS) is 11.2. The summed E-state index contributed by atoms with van der Waals surface area (Å²) >= 11 is 12.7. The van der Waals surface area contributed by atoms with Crippen molar-refractivity contribution in [2.24, 2.45) is 0 Å². The number of hydrogen-bond donors (Lipinski definition) is 0. The minimum atomic E-state index is -0.550. The van der Waals surface area contributed by atoms with Crippen molar-refractivity contribution in [2.45, 2.75) is 26.2 Å². The lowest BCUT2D eigenvalue weighted by molar-refractivity contribution is 0.0734. The van der Waals surface area contributed by atoms with Crippen LogP contribution in [0.2, 0.25) is 10.0 Å². The van der Waals surface area contributed by atoms with Gasteiger partial charge in [0.1, 0.15) is 11.5 Å². The highest BCUT2D eigenvalue weighted by molar-refractivity contribution is 6.32. The highest BCUT2D eigenvalue weighted by atomic mass is 35.5. The van der Waals surface area contributed by atoms with Gasteiger partial charge in [0.15, 0.2) is 5.78 Å². The van der Waals surface area contributed by atoms with Crippen LogP contribution in [0, 0.1) is 0 Å². The van der Waals surface area contributed by atoms with E-state index in [4.69, 9.17) is 32.7 Å². The Labute approximate surface area is 191 Å². The standard InChI is InChI=1S/C25H22Cl2O4/c1-15(28)16-5-7-17(8-6-16)24(29)31-23-12-10-19(14-21(23)27)25(2,3)18-9-11-22(30-4)20(26)13-18/h5-14H,1-4H3. The fourth-order valence-electron chi connectivity index (χ4n) is 3.19. The highest BCUT2D eigenvalue weighted by Crippen LogP contribution is 2.38. The summed E-state index contributed by atoms with van der Waals surface area (Å²) in [5.41, 5.74) is 2.39. The lowest BCUT2D eigenvalue weighted by atomic mass is 9.78. The van der Waals surface area contributed by atoms with Gasteiger partial charge in [-0.25, -0.2) is 4.79 Å². The zero-order chi connectivity index (χ0) is 22.8. The van der Waals surface area contributed by atoms with E-state index >= 15 is 0 Å². The van der Waals surface area contributed by atoms with Crippen molar-refractivity contribution in [1.29, 1.82) is 0 Å². The van der Waals surface area contributed by atoms with Crippen molar-refractivity contribution in [3.05, 3.63) is 93.0 Å². The summed E-state index contributed by atoms with van der Waals surface area (Å²) in [4.78, 5) is 23.8. The lowest BCUT2D eigenvalue weighted by Crippen LogP contribution is -2.19. The van der Waals surface area contributed by atoms with Crippen LogP contribution in [0.15, 0.2) is 60.7 Å². The summed E-state index contributed by atoms with van der Waals surface area (Å²) in [6.07, 6.45) is 0. The van der Waals surface area contributed by atoms with Gasteiger partial charge in [-0.2, -0.15) is 0 Å². The second-order valence-corrected chi connectivity index (χ2v) is 8.46. The summed E-state index contributed by atoms with van der Waals surface area (Å²) in [7, 11) is 1.57. The van der Waals surface area contributed by atoms with E-state index < -0.39 is 11.4 Å². The number of ketones is 1. The van der Waals surface area contributed by atoms with Gasteiger partial charge in [0.2, 0.25) is 0 Å². The predicted molar refractivity (Wildman–Crippen MR) is 123 cm³/mol. The number of ether oxygens (including phenoxy) is 2. The van der Waals surface area contributed by atoms with Crippen LogP contribution >= 0.6 is 23.2 Å². The van der Waals surface area contributed by atoms with Gasteiger partial charge in [0.25, 0.3) is 0 Å². The molecule has 0 fully saturated rings. The monoisotopic (exact) mass is 456 g/mol. The zero-order valence-corrected chi connectivity index (χ0v) is 19.2. The van der Waals surface area contributed by atoms with Crippen LogP contribution in [0.5, 0.6) is 11.5 Å². The summed E-state index contributed by atoms with van der Waals surface area (Å²) in [5, 5.41) is 0.847. The number of benzene rings is 3. The average molecular weight is 457 g/mol. The zero-order valence-electron chi connectivity index (χ0n) is 17.7. The van der Waals surface area contributed by atoms with E-state index in [2.05, 4.69) is 13.8 Å². The Morgan fingerprint density at radius 3 is 1.71 bits per heavy atom. The van der Waals surface area contributed by atoms with E-state index in [-0.39, 0.29) is 11.5 Å². The summed E-state index contributed by atoms with van der Waals surface area (Å²) < 4.78 is 10.7. The summed E-state index contributed by atoms with van der Waals surface area (Å²) in [5.74, 6) is 0.248. The first-order valence-corrected chi connectivity index (χ1v) is 10.4. The predicted octanol–water partition coefficient (Wildman–Crippen LogP) is 6.75. The molecule has 0 radical (unpaired) electrons. The van der Waals surface area contributed by atoms with Gasteiger partial charge in [-0.15, -0.1) is 0 Å². The highest BCUT2D eigenvalue weighted by Gasteiger charge is 2.25. The first-order valence-electron chi connectivity index (χ1n) is 9.60. The fraction of sp³-hybridized carbons (Fsp3) is 0.200. The quantitative estimate of drug-likeness (QED) is 0.233. The number of esters is 1. The van der Waals surface area contributed by atoms with Crippen LogP contribution in [0.25, 0.3) is 0 Å². The molecule has 0 bridgehead atoms. The van der Waals surface area contributed by atoms with Crippen molar-refractivity contribution >= 4 is 35.0 Å². The Hall–Kier alpha value is -2.82. The molecule has 3 aromatic rings. The third-order valence-corrected chi connectivity index (χ3v) is 5.85. The Bertz CT molecular complexity index is 1130. The topological polar surface area (TPSA) is 52.6 Å². The van der Waals surface area contributed by atoms with E-state index in [9.17, 15) is 9.59 Å². The van der Waals surface area contributed by atoms with Gasteiger partial charge in [0.05, 0.1) is 22.7 Å². The first kappa shape index (κ1) is 22.9. The number of methoxy groups -OCH3 is 1. The lowest BCUT2D eigenvalue weighted by Gasteiger charge is -2.27. The van der Waals surface area contributed by atoms with Gasteiger partial charge < -0.3 is 9.47 Å². The van der Waals surface area contributed by atoms with Gasteiger partial charge in [0, 0.05) is 11.0 Å². The molecule has 0 saturated heterocycles. The maximum Gasteiger partial charge on any atom is 0.343 e. The first-order chi connectivity index (χ1) is 14.6. The summed E-state index contributed by atoms with van der Waals surface area (Å²) in [6.45, 7) is 5.58. The van der Waals surface area contributed by atoms with Gasteiger partial charge in [-0.1, -0.05) is 61.3 Å². The minimum Gasteiger partial charge on any atom is -0.495 e. The van der Waals surface area contributed by atoms with Crippen molar-refractivity contribution < 1.29 is 19.1 Å². The van der Waals surface area contributed by atoms with Crippen LogP contribution in [-0.4, -0.2) is 18.9 Å². The molecule has 4 nitrogen and oxygen atoms in total. The van der Waals surface area contributed by atoms with Crippen molar-refractivity contribution in [2.75, 3.05) is 7.11 Å². The number of Topliss-reactive ketones (excluding diaryl/α,β-unsaturated/α-hetero) is 1. The van der Waals surface area contributed by atoms with Gasteiger partial charge >= 0.3 is 5.97 Å². The summed E-state index contributed by atoms with van der Waals surface area (Å²) in [6, 6.07) is 17.3.